The lowest BCUT2D eigenvalue weighted by atomic mass is 10.0. The second-order valence-corrected chi connectivity index (χ2v) is 9.69. The van der Waals surface area contributed by atoms with E-state index in [1.807, 2.05) is 24.7 Å². The maximum absolute atomic E-state index is 11.6. The number of amides is 1. The van der Waals surface area contributed by atoms with E-state index in [1.165, 1.54) is 0 Å². The number of carbonyl (C=O) groups is 1. The van der Waals surface area contributed by atoms with Gasteiger partial charge < -0.3 is 10.1 Å². The number of rotatable bonds is 4. The first-order valence-electron chi connectivity index (χ1n) is 9.61. The lowest BCUT2D eigenvalue weighted by Crippen LogP contribution is -2.25. The highest BCUT2D eigenvalue weighted by molar-refractivity contribution is 7.18. The van der Waals surface area contributed by atoms with E-state index < -0.39 is 0 Å². The molecule has 1 aromatic carbocycles. The summed E-state index contributed by atoms with van der Waals surface area (Å²) in [6.45, 7) is 11.1. The fraction of sp³-hybridized carbons (Fsp3) is 0.476. The van der Waals surface area contributed by atoms with E-state index in [1.54, 1.807) is 11.3 Å². The molecule has 1 amide bonds. The van der Waals surface area contributed by atoms with Crippen molar-refractivity contribution in [1.29, 1.82) is 0 Å². The quantitative estimate of drug-likeness (QED) is 0.718. The van der Waals surface area contributed by atoms with E-state index in [9.17, 15) is 4.79 Å². The van der Waals surface area contributed by atoms with Gasteiger partial charge in [0.2, 0.25) is 5.91 Å². The summed E-state index contributed by atoms with van der Waals surface area (Å²) in [4.78, 5) is 16.2. The zero-order valence-electron chi connectivity index (χ0n) is 16.9. The van der Waals surface area contributed by atoms with Crippen LogP contribution in [0.2, 0.25) is 0 Å². The number of nitrogens with zero attached hydrogens (tertiary/aromatic N) is 3. The number of hydrogen-bond acceptors (Lipinski definition) is 5. The third kappa shape index (κ3) is 3.63. The first-order chi connectivity index (χ1) is 13.2. The highest BCUT2D eigenvalue weighted by Crippen LogP contribution is 2.37. The number of thiazole rings is 1. The Kier molecular flexibility index (Phi) is 4.65. The zero-order chi connectivity index (χ0) is 20.1. The Labute approximate surface area is 168 Å². The zero-order valence-corrected chi connectivity index (χ0v) is 17.8. The number of aryl methyl sites for hydroxylation is 1. The lowest BCUT2D eigenvalue weighted by molar-refractivity contribution is -0.119. The van der Waals surface area contributed by atoms with Crippen LogP contribution in [-0.2, 0) is 10.3 Å². The van der Waals surface area contributed by atoms with Crippen LogP contribution in [0, 0.1) is 12.8 Å². The third-order valence-corrected chi connectivity index (χ3v) is 6.15. The van der Waals surface area contributed by atoms with Crippen LogP contribution in [0.1, 0.15) is 39.1 Å². The summed E-state index contributed by atoms with van der Waals surface area (Å²) in [6.07, 6.45) is 4.41. The van der Waals surface area contributed by atoms with Gasteiger partial charge >= 0.3 is 0 Å². The first kappa shape index (κ1) is 18.9. The number of nitrogens with one attached hydrogen (secondary N) is 1. The molecule has 1 saturated heterocycles. The smallest absolute Gasteiger partial charge is 0.220 e. The molecule has 7 heteroatoms. The van der Waals surface area contributed by atoms with Gasteiger partial charge in [-0.15, -0.1) is 11.3 Å². The molecule has 1 aliphatic heterocycles. The van der Waals surface area contributed by atoms with Crippen LogP contribution in [0.3, 0.4) is 0 Å². The molecule has 0 saturated carbocycles. The second-order valence-electron chi connectivity index (χ2n) is 8.49. The van der Waals surface area contributed by atoms with Gasteiger partial charge in [-0.05, 0) is 52.3 Å². The summed E-state index contributed by atoms with van der Waals surface area (Å²) >= 11 is 1.64. The van der Waals surface area contributed by atoms with E-state index in [4.69, 9.17) is 4.74 Å². The van der Waals surface area contributed by atoms with Gasteiger partial charge in [0.15, 0.2) is 0 Å². The number of fused-ring (bicyclic) bond motifs is 1. The Morgan fingerprint density at radius 1 is 1.32 bits per heavy atom. The molecule has 0 bridgehead atoms. The second kappa shape index (κ2) is 6.88. The Morgan fingerprint density at radius 2 is 2.11 bits per heavy atom. The van der Waals surface area contributed by atoms with E-state index in [2.05, 4.69) is 54.5 Å². The fourth-order valence-electron chi connectivity index (χ4n) is 3.46. The van der Waals surface area contributed by atoms with Gasteiger partial charge in [0.1, 0.15) is 11.9 Å². The van der Waals surface area contributed by atoms with Crippen LogP contribution in [0.15, 0.2) is 24.5 Å². The van der Waals surface area contributed by atoms with Gasteiger partial charge in [0, 0.05) is 30.6 Å². The molecule has 3 heterocycles. The van der Waals surface area contributed by atoms with Gasteiger partial charge in [0.05, 0.1) is 27.0 Å². The fourth-order valence-corrected chi connectivity index (χ4v) is 4.32. The van der Waals surface area contributed by atoms with Crippen molar-refractivity contribution in [2.75, 3.05) is 6.54 Å². The van der Waals surface area contributed by atoms with Crippen molar-refractivity contribution in [3.63, 3.8) is 0 Å². The van der Waals surface area contributed by atoms with Crippen molar-refractivity contribution in [1.82, 2.24) is 20.1 Å². The Bertz CT molecular complexity index is 1030. The molecule has 1 fully saturated rings. The number of ether oxygens (including phenoxy) is 1. The van der Waals surface area contributed by atoms with Crippen LogP contribution in [-0.4, -0.2) is 33.3 Å². The molecule has 3 aromatic rings. The maximum Gasteiger partial charge on any atom is 0.220 e. The maximum atomic E-state index is 11.6. The molecular formula is C21H26N4O2S. The van der Waals surface area contributed by atoms with E-state index in [-0.39, 0.29) is 23.5 Å². The Morgan fingerprint density at radius 3 is 2.75 bits per heavy atom. The van der Waals surface area contributed by atoms with Crippen molar-refractivity contribution in [3.05, 3.63) is 29.5 Å². The van der Waals surface area contributed by atoms with E-state index in [0.717, 1.165) is 32.1 Å². The van der Waals surface area contributed by atoms with Crippen LogP contribution in [0.25, 0.3) is 21.3 Å². The summed E-state index contributed by atoms with van der Waals surface area (Å²) in [5.74, 6) is 1.11. The molecule has 6 nitrogen and oxygen atoms in total. The first-order valence-corrected chi connectivity index (χ1v) is 10.4. The number of benzene rings is 1. The molecule has 0 aliphatic carbocycles. The van der Waals surface area contributed by atoms with Crippen molar-refractivity contribution < 1.29 is 9.53 Å². The largest absolute Gasteiger partial charge is 0.489 e. The predicted octanol–water partition coefficient (Wildman–Crippen LogP) is 4.13. The average Bonchev–Trinajstić information content (AvgIpc) is 3.32. The summed E-state index contributed by atoms with van der Waals surface area (Å²) < 4.78 is 9.38. The molecule has 0 spiro atoms. The van der Waals surface area contributed by atoms with Gasteiger partial charge in [0.25, 0.3) is 0 Å². The number of aromatic nitrogens is 3. The molecule has 2 atom stereocenters. The SMILES string of the molecule is Cc1nc2cc(-c3cnn(C(C)(C)C)c3)cc(OC(C)[C@H]3CNC(=O)C3)c2s1. The van der Waals surface area contributed by atoms with Gasteiger partial charge in [-0.3, -0.25) is 9.48 Å². The highest BCUT2D eigenvalue weighted by atomic mass is 32.1. The van der Waals surface area contributed by atoms with Crippen LogP contribution >= 0.6 is 11.3 Å². The normalized spacial score (nSPS) is 18.5. The standard InChI is InChI=1S/C21H26N4O2S/c1-12(15-8-19(26)22-9-15)27-18-7-14(6-17-20(18)28-13(2)24-17)16-10-23-25(11-16)21(3,4)5/h6-7,10-12,15H,8-9H2,1-5H3,(H,22,26)/t12?,15-/m1/s1. The van der Waals surface area contributed by atoms with Gasteiger partial charge in [-0.2, -0.15) is 5.10 Å². The van der Waals surface area contributed by atoms with E-state index >= 15 is 0 Å². The minimum Gasteiger partial charge on any atom is -0.489 e. The van der Waals surface area contributed by atoms with Gasteiger partial charge in [-0.1, -0.05) is 0 Å². The Balaban J connectivity index is 1.71. The van der Waals surface area contributed by atoms with Gasteiger partial charge in [-0.25, -0.2) is 4.98 Å². The molecule has 1 aliphatic rings. The van der Waals surface area contributed by atoms with Crippen molar-refractivity contribution >= 4 is 27.5 Å². The summed E-state index contributed by atoms with van der Waals surface area (Å²) in [7, 11) is 0. The topological polar surface area (TPSA) is 69.0 Å². The molecule has 28 heavy (non-hydrogen) atoms. The molecule has 4 rings (SSSR count). The molecule has 2 aromatic heterocycles. The highest BCUT2D eigenvalue weighted by Gasteiger charge is 2.28. The van der Waals surface area contributed by atoms with Crippen molar-refractivity contribution in [2.24, 2.45) is 5.92 Å². The molecule has 0 radical (unpaired) electrons. The van der Waals surface area contributed by atoms with Crippen LogP contribution in [0.4, 0.5) is 0 Å². The van der Waals surface area contributed by atoms with Crippen molar-refractivity contribution in [2.45, 2.75) is 52.7 Å². The molecular weight excluding hydrogens is 372 g/mol. The number of hydrogen-bond donors (Lipinski definition) is 1. The molecule has 1 N–H and O–H groups in total. The monoisotopic (exact) mass is 398 g/mol. The Hall–Kier alpha value is -2.41. The van der Waals surface area contributed by atoms with E-state index in [0.29, 0.717) is 13.0 Å². The summed E-state index contributed by atoms with van der Waals surface area (Å²) in [6, 6.07) is 4.17. The summed E-state index contributed by atoms with van der Waals surface area (Å²) in [5, 5.41) is 8.42. The molecule has 1 unspecified atom stereocenters. The minimum atomic E-state index is -0.0740. The lowest BCUT2D eigenvalue weighted by Gasteiger charge is -2.20. The van der Waals surface area contributed by atoms with Crippen molar-refractivity contribution in [3.8, 4) is 16.9 Å². The average molecular weight is 399 g/mol. The van der Waals surface area contributed by atoms with Crippen LogP contribution < -0.4 is 10.1 Å². The van der Waals surface area contributed by atoms with Crippen LogP contribution in [0.5, 0.6) is 5.75 Å². The number of carbonyl (C=O) groups excluding carboxylic acids is 1. The molecule has 148 valence electrons. The minimum absolute atomic E-state index is 0.0582. The summed E-state index contributed by atoms with van der Waals surface area (Å²) in [5.41, 5.74) is 2.94. The third-order valence-electron chi connectivity index (χ3n) is 5.15. The predicted molar refractivity (Wildman–Crippen MR) is 112 cm³/mol.